The Bertz CT molecular complexity index is 725. The molecule has 4 heteroatoms. The topological polar surface area (TPSA) is 39.7 Å². The van der Waals surface area contributed by atoms with E-state index in [1.807, 2.05) is 39.8 Å². The molecule has 0 radical (unpaired) electrons. The van der Waals surface area contributed by atoms with Gasteiger partial charge < -0.3 is 19.5 Å². The summed E-state index contributed by atoms with van der Waals surface area (Å²) in [5.74, 6) is 2.57. The second-order valence-corrected chi connectivity index (χ2v) is 6.74. The number of benzene rings is 2. The smallest absolute Gasteiger partial charge is 0.161 e. The van der Waals surface area contributed by atoms with E-state index in [4.69, 9.17) is 14.2 Å². The molecule has 0 bridgehead atoms. The van der Waals surface area contributed by atoms with Crippen LogP contribution in [0.1, 0.15) is 50.4 Å². The predicted molar refractivity (Wildman–Crippen MR) is 105 cm³/mol. The van der Waals surface area contributed by atoms with Crippen LogP contribution in [0.2, 0.25) is 0 Å². The van der Waals surface area contributed by atoms with E-state index in [1.165, 1.54) is 16.7 Å². The van der Waals surface area contributed by atoms with Gasteiger partial charge in [-0.25, -0.2) is 0 Å². The Hall–Kier alpha value is -2.20. The van der Waals surface area contributed by atoms with Crippen LogP contribution in [0.4, 0.5) is 0 Å². The number of hydrogen-bond acceptors (Lipinski definition) is 4. The van der Waals surface area contributed by atoms with Crippen molar-refractivity contribution >= 4 is 0 Å². The zero-order chi connectivity index (χ0) is 18.5. The van der Waals surface area contributed by atoms with Crippen LogP contribution < -0.4 is 19.5 Å². The average molecular weight is 355 g/mol. The Morgan fingerprint density at radius 2 is 1.65 bits per heavy atom. The summed E-state index contributed by atoms with van der Waals surface area (Å²) in [7, 11) is 0. The van der Waals surface area contributed by atoms with Gasteiger partial charge in [-0.3, -0.25) is 0 Å². The van der Waals surface area contributed by atoms with Gasteiger partial charge in [0.15, 0.2) is 11.5 Å². The van der Waals surface area contributed by atoms with Crippen LogP contribution >= 0.6 is 0 Å². The summed E-state index contributed by atoms with van der Waals surface area (Å²) in [6.45, 7) is 10.3. The molecule has 2 aromatic carbocycles. The van der Waals surface area contributed by atoms with Gasteiger partial charge in [0.25, 0.3) is 0 Å². The van der Waals surface area contributed by atoms with Crippen molar-refractivity contribution in [1.82, 2.24) is 5.32 Å². The summed E-state index contributed by atoms with van der Waals surface area (Å²) in [4.78, 5) is 0. The van der Waals surface area contributed by atoms with E-state index in [0.717, 1.165) is 30.2 Å². The Labute approximate surface area is 156 Å². The van der Waals surface area contributed by atoms with E-state index < -0.39 is 0 Å². The van der Waals surface area contributed by atoms with Gasteiger partial charge in [-0.1, -0.05) is 12.1 Å². The number of rotatable bonds is 7. The highest BCUT2D eigenvalue weighted by Gasteiger charge is 2.24. The molecule has 3 rings (SSSR count). The molecule has 0 aliphatic carbocycles. The summed E-state index contributed by atoms with van der Waals surface area (Å²) in [5.41, 5.74) is 3.82. The van der Waals surface area contributed by atoms with Gasteiger partial charge in [0.1, 0.15) is 5.75 Å². The molecule has 1 N–H and O–H groups in total. The van der Waals surface area contributed by atoms with Crippen molar-refractivity contribution in [3.8, 4) is 17.2 Å². The first-order valence-corrected chi connectivity index (χ1v) is 9.54. The molecule has 1 unspecified atom stereocenters. The maximum atomic E-state index is 5.83. The summed E-state index contributed by atoms with van der Waals surface area (Å²) >= 11 is 0. The first-order chi connectivity index (χ1) is 12.6. The summed E-state index contributed by atoms with van der Waals surface area (Å²) in [6, 6.07) is 12.8. The van der Waals surface area contributed by atoms with Crippen molar-refractivity contribution in [3.05, 3.63) is 53.1 Å². The fraction of sp³-hybridized carbons (Fsp3) is 0.455. The molecule has 2 aromatic rings. The van der Waals surface area contributed by atoms with Crippen LogP contribution in [-0.4, -0.2) is 25.9 Å². The van der Waals surface area contributed by atoms with Gasteiger partial charge in [0.05, 0.1) is 25.4 Å². The third-order valence-corrected chi connectivity index (χ3v) is 4.44. The first-order valence-electron chi connectivity index (χ1n) is 9.54. The number of hydrogen-bond donors (Lipinski definition) is 1. The minimum absolute atomic E-state index is 0.154. The van der Waals surface area contributed by atoms with Crippen LogP contribution in [0.5, 0.6) is 17.2 Å². The molecular formula is C22H29NO3. The largest absolute Gasteiger partial charge is 0.491 e. The van der Waals surface area contributed by atoms with Crippen LogP contribution in [0.25, 0.3) is 0 Å². The van der Waals surface area contributed by atoms with Gasteiger partial charge in [-0.15, -0.1) is 0 Å². The fourth-order valence-corrected chi connectivity index (χ4v) is 3.41. The van der Waals surface area contributed by atoms with Gasteiger partial charge in [0, 0.05) is 6.54 Å². The lowest BCUT2D eigenvalue weighted by Crippen LogP contribution is -2.30. The Morgan fingerprint density at radius 1 is 1.00 bits per heavy atom. The van der Waals surface area contributed by atoms with Gasteiger partial charge in [-0.05, 0) is 75.1 Å². The van der Waals surface area contributed by atoms with Crippen LogP contribution in [0.3, 0.4) is 0 Å². The highest BCUT2D eigenvalue weighted by molar-refractivity contribution is 5.52. The molecule has 0 saturated carbocycles. The van der Waals surface area contributed by atoms with Gasteiger partial charge >= 0.3 is 0 Å². The predicted octanol–water partition coefficient (Wildman–Crippen LogP) is 4.51. The van der Waals surface area contributed by atoms with Crippen LogP contribution in [0.15, 0.2) is 36.4 Å². The first kappa shape index (κ1) is 18.6. The SMILES string of the molecule is CCOc1cc2c(cc1OCC)C(c1ccc(OC(C)C)cc1)NCC2. The Morgan fingerprint density at radius 3 is 2.27 bits per heavy atom. The lowest BCUT2D eigenvalue weighted by atomic mass is 9.89. The molecular weight excluding hydrogens is 326 g/mol. The van der Waals surface area contributed by atoms with E-state index >= 15 is 0 Å². The average Bonchev–Trinajstić information content (AvgIpc) is 2.62. The normalized spacial score (nSPS) is 16.3. The molecule has 0 amide bonds. The van der Waals surface area contributed by atoms with Crippen molar-refractivity contribution in [2.45, 2.75) is 46.3 Å². The van der Waals surface area contributed by atoms with Crippen LogP contribution in [-0.2, 0) is 6.42 Å². The Kier molecular flexibility index (Phi) is 6.04. The van der Waals surface area contributed by atoms with E-state index in [9.17, 15) is 0 Å². The quantitative estimate of drug-likeness (QED) is 0.793. The summed E-state index contributed by atoms with van der Waals surface area (Å²) in [6.07, 6.45) is 1.17. The van der Waals surface area contributed by atoms with Crippen molar-refractivity contribution < 1.29 is 14.2 Å². The standard InChI is InChI=1S/C22H29NO3/c1-5-24-20-13-17-11-12-23-22(19(17)14-21(20)25-6-2)16-7-9-18(10-8-16)26-15(3)4/h7-10,13-15,22-23H,5-6,11-12H2,1-4H3. The highest BCUT2D eigenvalue weighted by atomic mass is 16.5. The van der Waals surface area contributed by atoms with Crippen molar-refractivity contribution in [3.63, 3.8) is 0 Å². The maximum Gasteiger partial charge on any atom is 0.161 e. The zero-order valence-corrected chi connectivity index (χ0v) is 16.2. The lowest BCUT2D eigenvalue weighted by molar-refractivity contribution is 0.242. The molecule has 1 aliphatic heterocycles. The third-order valence-electron chi connectivity index (χ3n) is 4.44. The molecule has 26 heavy (non-hydrogen) atoms. The molecule has 4 nitrogen and oxygen atoms in total. The summed E-state index contributed by atoms with van der Waals surface area (Å²) < 4.78 is 17.4. The second kappa shape index (κ2) is 8.45. The molecule has 0 aromatic heterocycles. The number of ether oxygens (including phenoxy) is 3. The van der Waals surface area contributed by atoms with Crippen molar-refractivity contribution in [2.75, 3.05) is 19.8 Å². The fourth-order valence-electron chi connectivity index (χ4n) is 3.41. The maximum absolute atomic E-state index is 5.83. The van der Waals surface area contributed by atoms with Crippen molar-refractivity contribution in [1.29, 1.82) is 0 Å². The number of nitrogens with one attached hydrogen (secondary N) is 1. The van der Waals surface area contributed by atoms with Gasteiger partial charge in [0.2, 0.25) is 0 Å². The highest BCUT2D eigenvalue weighted by Crippen LogP contribution is 2.38. The van der Waals surface area contributed by atoms with E-state index in [0.29, 0.717) is 13.2 Å². The molecule has 1 atom stereocenters. The second-order valence-electron chi connectivity index (χ2n) is 6.74. The molecule has 140 valence electrons. The summed E-state index contributed by atoms with van der Waals surface area (Å²) in [5, 5.41) is 3.64. The minimum Gasteiger partial charge on any atom is -0.491 e. The third kappa shape index (κ3) is 4.13. The molecule has 0 fully saturated rings. The zero-order valence-electron chi connectivity index (χ0n) is 16.2. The monoisotopic (exact) mass is 355 g/mol. The lowest BCUT2D eigenvalue weighted by Gasteiger charge is -2.29. The van der Waals surface area contributed by atoms with E-state index in [1.54, 1.807) is 0 Å². The number of fused-ring (bicyclic) bond motifs is 1. The van der Waals surface area contributed by atoms with Gasteiger partial charge in [-0.2, -0.15) is 0 Å². The van der Waals surface area contributed by atoms with Crippen molar-refractivity contribution in [2.24, 2.45) is 0 Å². The molecule has 0 saturated heterocycles. The molecule has 1 aliphatic rings. The molecule has 1 heterocycles. The molecule has 0 spiro atoms. The van der Waals surface area contributed by atoms with Crippen LogP contribution in [0, 0.1) is 0 Å². The van der Waals surface area contributed by atoms with E-state index in [-0.39, 0.29) is 12.1 Å². The minimum atomic E-state index is 0.154. The van der Waals surface area contributed by atoms with E-state index in [2.05, 4.69) is 29.6 Å². The Balaban J connectivity index is 1.93.